The van der Waals surface area contributed by atoms with Gasteiger partial charge in [-0.25, -0.2) is 0 Å². The van der Waals surface area contributed by atoms with E-state index >= 15 is 0 Å². The number of allylic oxidation sites excluding steroid dienone is 1. The van der Waals surface area contributed by atoms with Gasteiger partial charge >= 0.3 is 0 Å². The minimum Gasteiger partial charge on any atom is -0.324 e. The van der Waals surface area contributed by atoms with E-state index in [4.69, 9.17) is 17.3 Å². The highest BCUT2D eigenvalue weighted by atomic mass is 35.5. The number of benzene rings is 1. The van der Waals surface area contributed by atoms with Gasteiger partial charge in [-0.05, 0) is 37.0 Å². The van der Waals surface area contributed by atoms with Crippen LogP contribution in [0.3, 0.4) is 0 Å². The highest BCUT2D eigenvalue weighted by molar-refractivity contribution is 6.31. The molecule has 0 radical (unpaired) electrons. The second-order valence-corrected chi connectivity index (χ2v) is 3.85. The summed E-state index contributed by atoms with van der Waals surface area (Å²) in [6.45, 7) is 5.72. The lowest BCUT2D eigenvalue weighted by Crippen LogP contribution is -2.11. The molecule has 1 rings (SSSR count). The topological polar surface area (TPSA) is 26.0 Å². The fraction of sp³-hybridized carbons (Fsp3) is 0.333. The standard InChI is InChI=1S/C12H16ClN/c1-3-4-8-11(14)12-9(2)6-5-7-10(12)13/h3,5-7,11H,1,4,8,14H2,2H3/t11-/m0/s1. The molecule has 1 atom stereocenters. The molecule has 2 N–H and O–H groups in total. The summed E-state index contributed by atoms with van der Waals surface area (Å²) in [6, 6.07) is 5.88. The molecule has 0 heterocycles. The molecule has 1 nitrogen and oxygen atoms in total. The minimum atomic E-state index is 0.0155. The summed E-state index contributed by atoms with van der Waals surface area (Å²) in [6.07, 6.45) is 3.70. The first-order valence-electron chi connectivity index (χ1n) is 4.78. The first-order chi connectivity index (χ1) is 6.66. The van der Waals surface area contributed by atoms with Crippen molar-refractivity contribution >= 4 is 11.6 Å². The first-order valence-corrected chi connectivity index (χ1v) is 5.16. The monoisotopic (exact) mass is 209 g/mol. The average molecular weight is 210 g/mol. The lowest BCUT2D eigenvalue weighted by molar-refractivity contribution is 0.658. The third-order valence-electron chi connectivity index (χ3n) is 2.32. The molecule has 0 bridgehead atoms. The predicted molar refractivity (Wildman–Crippen MR) is 62.5 cm³/mol. The number of aryl methyl sites for hydroxylation is 1. The quantitative estimate of drug-likeness (QED) is 0.754. The van der Waals surface area contributed by atoms with Gasteiger partial charge < -0.3 is 5.73 Å². The molecule has 0 unspecified atom stereocenters. The summed E-state index contributed by atoms with van der Waals surface area (Å²) >= 11 is 6.10. The van der Waals surface area contributed by atoms with Crippen LogP contribution in [0.25, 0.3) is 0 Å². The highest BCUT2D eigenvalue weighted by Gasteiger charge is 2.11. The maximum atomic E-state index is 6.10. The van der Waals surface area contributed by atoms with E-state index in [1.54, 1.807) is 0 Å². The van der Waals surface area contributed by atoms with Gasteiger partial charge in [-0.1, -0.05) is 29.8 Å². The van der Waals surface area contributed by atoms with Gasteiger partial charge in [0.25, 0.3) is 0 Å². The predicted octanol–water partition coefficient (Wildman–Crippen LogP) is 3.61. The summed E-state index contributed by atoms with van der Waals surface area (Å²) in [5.41, 5.74) is 8.28. The molecule has 0 aliphatic rings. The summed E-state index contributed by atoms with van der Waals surface area (Å²) in [5.74, 6) is 0. The zero-order valence-corrected chi connectivity index (χ0v) is 9.22. The molecule has 0 spiro atoms. The molecular formula is C12H16ClN. The second-order valence-electron chi connectivity index (χ2n) is 3.44. The number of hydrogen-bond donors (Lipinski definition) is 1. The van der Waals surface area contributed by atoms with Crippen LogP contribution in [0.15, 0.2) is 30.9 Å². The maximum absolute atomic E-state index is 6.10. The average Bonchev–Trinajstić information content (AvgIpc) is 2.14. The van der Waals surface area contributed by atoms with Crippen molar-refractivity contribution in [3.05, 3.63) is 47.0 Å². The van der Waals surface area contributed by atoms with Crippen LogP contribution in [0.2, 0.25) is 5.02 Å². The maximum Gasteiger partial charge on any atom is 0.0456 e. The largest absolute Gasteiger partial charge is 0.324 e. The molecule has 0 saturated heterocycles. The molecule has 0 saturated carbocycles. The van der Waals surface area contributed by atoms with E-state index in [9.17, 15) is 0 Å². The van der Waals surface area contributed by atoms with Crippen LogP contribution in [-0.4, -0.2) is 0 Å². The van der Waals surface area contributed by atoms with E-state index in [1.807, 2.05) is 31.2 Å². The van der Waals surface area contributed by atoms with E-state index in [0.717, 1.165) is 29.0 Å². The molecule has 0 fully saturated rings. The molecule has 0 amide bonds. The molecular weight excluding hydrogens is 194 g/mol. The van der Waals surface area contributed by atoms with Crippen molar-refractivity contribution in [3.8, 4) is 0 Å². The summed E-state index contributed by atoms with van der Waals surface area (Å²) in [4.78, 5) is 0. The Morgan fingerprint density at radius 1 is 1.57 bits per heavy atom. The number of nitrogens with two attached hydrogens (primary N) is 1. The minimum absolute atomic E-state index is 0.0155. The van der Waals surface area contributed by atoms with E-state index in [1.165, 1.54) is 0 Å². The molecule has 14 heavy (non-hydrogen) atoms. The molecule has 0 aliphatic carbocycles. The van der Waals surface area contributed by atoms with Crippen molar-refractivity contribution in [2.45, 2.75) is 25.8 Å². The van der Waals surface area contributed by atoms with Gasteiger partial charge in [-0.15, -0.1) is 6.58 Å². The summed E-state index contributed by atoms with van der Waals surface area (Å²) in [7, 11) is 0. The lowest BCUT2D eigenvalue weighted by Gasteiger charge is -2.15. The molecule has 0 aliphatic heterocycles. The van der Waals surface area contributed by atoms with Crippen LogP contribution in [0.1, 0.15) is 30.0 Å². The van der Waals surface area contributed by atoms with Crippen molar-refractivity contribution < 1.29 is 0 Å². The van der Waals surface area contributed by atoms with Gasteiger partial charge in [-0.3, -0.25) is 0 Å². The van der Waals surface area contributed by atoms with E-state index in [0.29, 0.717) is 0 Å². The van der Waals surface area contributed by atoms with Crippen molar-refractivity contribution in [2.75, 3.05) is 0 Å². The normalized spacial score (nSPS) is 12.5. The molecule has 2 heteroatoms. The van der Waals surface area contributed by atoms with Crippen molar-refractivity contribution in [3.63, 3.8) is 0 Å². The van der Waals surface area contributed by atoms with Crippen molar-refractivity contribution in [1.82, 2.24) is 0 Å². The lowest BCUT2D eigenvalue weighted by atomic mass is 9.98. The Hall–Kier alpha value is -0.790. The van der Waals surface area contributed by atoms with Crippen LogP contribution < -0.4 is 5.73 Å². The SMILES string of the molecule is C=CCC[C@H](N)c1c(C)cccc1Cl. The van der Waals surface area contributed by atoms with Gasteiger partial charge in [-0.2, -0.15) is 0 Å². The van der Waals surface area contributed by atoms with Crippen LogP contribution in [0.5, 0.6) is 0 Å². The molecule has 76 valence electrons. The smallest absolute Gasteiger partial charge is 0.0456 e. The second kappa shape index (κ2) is 5.18. The Balaban J connectivity index is 2.87. The highest BCUT2D eigenvalue weighted by Crippen LogP contribution is 2.27. The van der Waals surface area contributed by atoms with Crippen LogP contribution in [0.4, 0.5) is 0 Å². The van der Waals surface area contributed by atoms with Crippen LogP contribution in [-0.2, 0) is 0 Å². The Kier molecular flexibility index (Phi) is 4.18. The molecule has 1 aromatic carbocycles. The molecule has 0 aromatic heterocycles. The van der Waals surface area contributed by atoms with Crippen LogP contribution >= 0.6 is 11.6 Å². The van der Waals surface area contributed by atoms with Crippen LogP contribution in [0, 0.1) is 6.92 Å². The third kappa shape index (κ3) is 2.60. The van der Waals surface area contributed by atoms with E-state index in [-0.39, 0.29) is 6.04 Å². The third-order valence-corrected chi connectivity index (χ3v) is 2.65. The number of halogens is 1. The van der Waals surface area contributed by atoms with Gasteiger partial charge in [0, 0.05) is 11.1 Å². The van der Waals surface area contributed by atoms with Gasteiger partial charge in [0.2, 0.25) is 0 Å². The van der Waals surface area contributed by atoms with E-state index in [2.05, 4.69) is 6.58 Å². The van der Waals surface area contributed by atoms with Crippen molar-refractivity contribution in [1.29, 1.82) is 0 Å². The van der Waals surface area contributed by atoms with Gasteiger partial charge in [0.05, 0.1) is 0 Å². The Bertz CT molecular complexity index is 300. The Morgan fingerprint density at radius 2 is 2.29 bits per heavy atom. The fourth-order valence-electron chi connectivity index (χ4n) is 1.56. The summed E-state index contributed by atoms with van der Waals surface area (Å²) in [5, 5.41) is 0.765. The zero-order chi connectivity index (χ0) is 10.6. The molecule has 1 aromatic rings. The Labute approximate surface area is 90.6 Å². The fourth-order valence-corrected chi connectivity index (χ4v) is 1.92. The number of rotatable bonds is 4. The Morgan fingerprint density at radius 3 is 2.86 bits per heavy atom. The number of hydrogen-bond acceptors (Lipinski definition) is 1. The van der Waals surface area contributed by atoms with Gasteiger partial charge in [0.1, 0.15) is 0 Å². The van der Waals surface area contributed by atoms with Gasteiger partial charge in [0.15, 0.2) is 0 Å². The van der Waals surface area contributed by atoms with E-state index < -0.39 is 0 Å². The summed E-state index contributed by atoms with van der Waals surface area (Å²) < 4.78 is 0. The zero-order valence-electron chi connectivity index (χ0n) is 8.46. The van der Waals surface area contributed by atoms with Crippen molar-refractivity contribution in [2.24, 2.45) is 5.73 Å². The first kappa shape index (κ1) is 11.3.